The van der Waals surface area contributed by atoms with E-state index in [0.717, 1.165) is 71.6 Å². The van der Waals surface area contributed by atoms with Crippen molar-refractivity contribution in [2.45, 2.75) is 38.5 Å². The summed E-state index contributed by atoms with van der Waals surface area (Å²) in [6, 6.07) is 106. The predicted octanol–water partition coefficient (Wildman–Crippen LogP) is 22.5. The van der Waals surface area contributed by atoms with Gasteiger partial charge in [0.05, 0.1) is 44.8 Å². The zero-order valence-electron chi connectivity index (χ0n) is 51.9. The van der Waals surface area contributed by atoms with Gasteiger partial charge >= 0.3 is 0 Å². The smallest absolute Gasteiger partial charge is 0.235 e. The van der Waals surface area contributed by atoms with E-state index < -0.39 is 0 Å². The van der Waals surface area contributed by atoms with Crippen molar-refractivity contribution in [2.24, 2.45) is 0 Å². The van der Waals surface area contributed by atoms with Crippen LogP contribution in [0.5, 0.6) is 0 Å². The molecule has 0 saturated heterocycles. The lowest BCUT2D eigenvalue weighted by Crippen LogP contribution is -2.15. The first kappa shape index (κ1) is 55.9. The standard InChI is InChI=1S/C43H30BrN3.C43H31N3/c1-43(2)36-22-30(27-12-6-3-7-13-27)18-20-32(36)33-25-41-35(24-37(33)43)34-23-31(44)19-21-40(34)47(41)42-45-38(28-14-8-4-9-15-28)26-39(46-42)29-16-10-5-11-17-29;1-43(2)36-24-31(28-14-6-3-7-15-28)22-23-32(36)34-26-41-35(25-37(34)43)33-20-12-13-21-40(33)46(41)42-44-38(29-16-8-4-9-17-29)27-39(45-42)30-18-10-5-11-19-30/h3-26H,1-2H3;3-27H,1-2H3. The van der Waals surface area contributed by atoms with E-state index in [9.17, 15) is 0 Å². The molecule has 18 rings (SSSR count). The molecule has 4 aromatic heterocycles. The van der Waals surface area contributed by atoms with Crippen LogP contribution in [0, 0.1) is 0 Å². The maximum Gasteiger partial charge on any atom is 0.235 e. The van der Waals surface area contributed by atoms with Crippen LogP contribution >= 0.6 is 15.9 Å². The quantitative estimate of drug-likeness (QED) is 0.152. The monoisotopic (exact) mass is 1260 g/mol. The zero-order chi connectivity index (χ0) is 62.5. The number of nitrogens with zero attached hydrogens (tertiary/aromatic N) is 6. The number of halogens is 1. The molecule has 0 saturated carbocycles. The van der Waals surface area contributed by atoms with Crippen molar-refractivity contribution in [3.8, 4) is 101 Å². The molecule has 2 aliphatic rings. The van der Waals surface area contributed by atoms with Crippen LogP contribution in [0.25, 0.3) is 145 Å². The molecule has 0 bridgehead atoms. The average Bonchev–Trinajstić information content (AvgIpc) is 1.56. The molecule has 0 spiro atoms. The van der Waals surface area contributed by atoms with Gasteiger partial charge in [-0.3, -0.25) is 9.13 Å². The lowest BCUT2D eigenvalue weighted by atomic mass is 9.81. The molecule has 0 fully saturated rings. The van der Waals surface area contributed by atoms with E-state index in [0.29, 0.717) is 11.9 Å². The molecule has 0 amide bonds. The highest BCUT2D eigenvalue weighted by atomic mass is 79.9. The molecular weight excluding hydrogens is 1200 g/mol. The van der Waals surface area contributed by atoms with E-state index in [-0.39, 0.29) is 10.8 Å². The number of aromatic nitrogens is 6. The number of benzene rings is 12. The van der Waals surface area contributed by atoms with Crippen LogP contribution in [0.3, 0.4) is 0 Å². The highest BCUT2D eigenvalue weighted by Crippen LogP contribution is 2.54. The third-order valence-electron chi connectivity index (χ3n) is 19.3. The second-order valence-electron chi connectivity index (χ2n) is 25.5. The van der Waals surface area contributed by atoms with Crippen molar-refractivity contribution >= 4 is 59.5 Å². The maximum atomic E-state index is 5.25. The number of para-hydroxylation sites is 1. The third kappa shape index (κ3) is 9.44. The molecule has 0 unspecified atom stereocenters. The van der Waals surface area contributed by atoms with E-state index in [4.69, 9.17) is 19.9 Å². The SMILES string of the molecule is CC1(C)c2cc(-c3ccccc3)ccc2-c2cc3c(cc21)c1cc(Br)ccc1n3-c1nc(-c2ccccc2)cc(-c2ccccc2)n1.CC1(C)c2cc(-c3ccccc3)ccc2-c2cc3c(cc21)c1ccccc1n3-c1nc(-c2ccccc2)cc(-c2ccccc2)n1. The molecule has 16 aromatic rings. The Morgan fingerprint density at radius 3 is 0.968 bits per heavy atom. The van der Waals surface area contributed by atoms with E-state index in [1.54, 1.807) is 0 Å². The Hall–Kier alpha value is -11.1. The van der Waals surface area contributed by atoms with Gasteiger partial charge in [-0.1, -0.05) is 268 Å². The minimum absolute atomic E-state index is 0.142. The minimum Gasteiger partial charge on any atom is -0.278 e. The van der Waals surface area contributed by atoms with Gasteiger partial charge in [-0.2, -0.15) is 0 Å². The van der Waals surface area contributed by atoms with Gasteiger partial charge < -0.3 is 0 Å². The Morgan fingerprint density at radius 2 is 0.570 bits per heavy atom. The molecular formula is C86H61BrN6. The lowest BCUT2D eigenvalue weighted by Gasteiger charge is -2.22. The van der Waals surface area contributed by atoms with Crippen LogP contribution in [-0.2, 0) is 10.8 Å². The fraction of sp³-hybridized carbons (Fsp3) is 0.0698. The molecule has 93 heavy (non-hydrogen) atoms. The van der Waals surface area contributed by atoms with Crippen LogP contribution in [0.2, 0.25) is 0 Å². The molecule has 12 aromatic carbocycles. The van der Waals surface area contributed by atoms with Crippen molar-refractivity contribution in [1.29, 1.82) is 0 Å². The van der Waals surface area contributed by atoms with Gasteiger partial charge in [0.1, 0.15) is 0 Å². The van der Waals surface area contributed by atoms with Crippen molar-refractivity contribution < 1.29 is 0 Å². The van der Waals surface area contributed by atoms with Gasteiger partial charge in [-0.05, 0) is 140 Å². The number of fused-ring (bicyclic) bond motifs is 12. The topological polar surface area (TPSA) is 61.4 Å². The van der Waals surface area contributed by atoms with Crippen molar-refractivity contribution in [1.82, 2.24) is 29.1 Å². The summed E-state index contributed by atoms with van der Waals surface area (Å²) >= 11 is 3.77. The van der Waals surface area contributed by atoms with Crippen LogP contribution in [0.15, 0.2) is 302 Å². The second-order valence-corrected chi connectivity index (χ2v) is 26.4. The molecule has 0 radical (unpaired) electrons. The molecule has 0 aliphatic heterocycles. The van der Waals surface area contributed by atoms with Gasteiger partial charge in [0.2, 0.25) is 11.9 Å². The molecule has 2 aliphatic carbocycles. The summed E-state index contributed by atoms with van der Waals surface area (Å²) in [4.78, 5) is 21.0. The number of hydrogen-bond acceptors (Lipinski definition) is 4. The van der Waals surface area contributed by atoms with Crippen molar-refractivity contribution in [3.63, 3.8) is 0 Å². The highest BCUT2D eigenvalue weighted by Gasteiger charge is 2.39. The molecule has 7 heteroatoms. The summed E-state index contributed by atoms with van der Waals surface area (Å²) in [7, 11) is 0. The van der Waals surface area contributed by atoms with Crippen LogP contribution < -0.4 is 0 Å². The Balaban J connectivity index is 0.000000142. The fourth-order valence-corrected chi connectivity index (χ4v) is 14.9. The van der Waals surface area contributed by atoms with Crippen molar-refractivity contribution in [2.75, 3.05) is 0 Å². The van der Waals surface area contributed by atoms with Crippen molar-refractivity contribution in [3.05, 3.63) is 324 Å². The van der Waals surface area contributed by atoms with Crippen LogP contribution in [0.4, 0.5) is 0 Å². The average molecular weight is 1260 g/mol. The molecule has 0 N–H and O–H groups in total. The summed E-state index contributed by atoms with van der Waals surface area (Å²) in [6.45, 7) is 9.42. The predicted molar refractivity (Wildman–Crippen MR) is 388 cm³/mol. The zero-order valence-corrected chi connectivity index (χ0v) is 53.4. The largest absolute Gasteiger partial charge is 0.278 e. The minimum atomic E-state index is -0.158. The van der Waals surface area contributed by atoms with Crippen LogP contribution in [-0.4, -0.2) is 29.1 Å². The Labute approximate surface area is 549 Å². The summed E-state index contributed by atoms with van der Waals surface area (Å²) in [5, 5.41) is 4.78. The normalized spacial score (nSPS) is 13.2. The van der Waals surface area contributed by atoms with Crippen LogP contribution in [0.1, 0.15) is 49.9 Å². The van der Waals surface area contributed by atoms with E-state index >= 15 is 0 Å². The summed E-state index contributed by atoms with van der Waals surface area (Å²) in [5.41, 5.74) is 27.4. The summed E-state index contributed by atoms with van der Waals surface area (Å²) in [6.07, 6.45) is 0. The molecule has 0 atom stereocenters. The van der Waals surface area contributed by atoms with Gasteiger partial charge in [-0.15, -0.1) is 0 Å². The Kier molecular flexibility index (Phi) is 13.3. The maximum absolute atomic E-state index is 5.25. The first-order valence-corrected chi connectivity index (χ1v) is 32.6. The third-order valence-corrected chi connectivity index (χ3v) is 19.8. The van der Waals surface area contributed by atoms with E-state index in [1.807, 2.05) is 24.3 Å². The number of hydrogen-bond donors (Lipinski definition) is 0. The lowest BCUT2D eigenvalue weighted by molar-refractivity contribution is 0.661. The first-order chi connectivity index (χ1) is 45.5. The van der Waals surface area contributed by atoms with E-state index in [1.165, 1.54) is 88.3 Å². The second kappa shape index (κ2) is 22.1. The first-order valence-electron chi connectivity index (χ1n) is 31.8. The van der Waals surface area contributed by atoms with Gasteiger partial charge in [0, 0.05) is 59.1 Å². The fourth-order valence-electron chi connectivity index (χ4n) is 14.6. The van der Waals surface area contributed by atoms with Gasteiger partial charge in [0.25, 0.3) is 0 Å². The highest BCUT2D eigenvalue weighted by molar-refractivity contribution is 9.10. The molecule has 6 nitrogen and oxygen atoms in total. The Morgan fingerprint density at radius 1 is 0.247 bits per heavy atom. The molecule has 442 valence electrons. The van der Waals surface area contributed by atoms with E-state index in [2.05, 4.69) is 326 Å². The number of rotatable bonds is 8. The molecule has 4 heterocycles. The van der Waals surface area contributed by atoms with Gasteiger partial charge in [-0.25, -0.2) is 19.9 Å². The summed E-state index contributed by atoms with van der Waals surface area (Å²) < 4.78 is 5.55. The summed E-state index contributed by atoms with van der Waals surface area (Å²) in [5.74, 6) is 1.33. The van der Waals surface area contributed by atoms with Gasteiger partial charge in [0.15, 0.2) is 0 Å². The Bertz CT molecular complexity index is 5490.